The zero-order chi connectivity index (χ0) is 16.9. The van der Waals surface area contributed by atoms with Crippen LogP contribution in [-0.4, -0.2) is 16.7 Å². The minimum Gasteiger partial charge on any atom is -0.493 e. The highest BCUT2D eigenvalue weighted by Gasteiger charge is 2.11. The van der Waals surface area contributed by atoms with E-state index in [9.17, 15) is 0 Å². The maximum absolute atomic E-state index is 6.00. The smallest absolute Gasteiger partial charge is 0.162 e. The molecule has 1 heterocycles. The van der Waals surface area contributed by atoms with Crippen LogP contribution in [-0.2, 0) is 13.2 Å². The number of hydrogen-bond donors (Lipinski definition) is 0. The van der Waals surface area contributed by atoms with Crippen molar-refractivity contribution in [2.24, 2.45) is 0 Å². The van der Waals surface area contributed by atoms with Gasteiger partial charge in [0, 0.05) is 24.5 Å². The maximum atomic E-state index is 6.00. The Bertz CT molecular complexity index is 807. The lowest BCUT2D eigenvalue weighted by molar-refractivity contribution is 0.284. The summed E-state index contributed by atoms with van der Waals surface area (Å²) in [6.07, 6.45) is 3.79. The van der Waals surface area contributed by atoms with Gasteiger partial charge in [-0.2, -0.15) is 0 Å². The normalized spacial score (nSPS) is 10.6. The van der Waals surface area contributed by atoms with Gasteiger partial charge in [0.05, 0.1) is 7.11 Å². The van der Waals surface area contributed by atoms with Gasteiger partial charge >= 0.3 is 0 Å². The average Bonchev–Trinajstić information content (AvgIpc) is 3.09. The Morgan fingerprint density at radius 3 is 2.54 bits per heavy atom. The number of benzene rings is 2. The van der Waals surface area contributed by atoms with Crippen molar-refractivity contribution in [3.63, 3.8) is 0 Å². The summed E-state index contributed by atoms with van der Waals surface area (Å²) in [4.78, 5) is 4.45. The predicted octanol–water partition coefficient (Wildman–Crippen LogP) is 4.47. The van der Waals surface area contributed by atoms with Crippen LogP contribution in [0.1, 0.15) is 18.1 Å². The van der Waals surface area contributed by atoms with Crippen LogP contribution in [0.25, 0.3) is 11.4 Å². The van der Waals surface area contributed by atoms with Gasteiger partial charge in [-0.3, -0.25) is 0 Å². The molecule has 0 fully saturated rings. The van der Waals surface area contributed by atoms with Crippen molar-refractivity contribution in [1.82, 2.24) is 9.55 Å². The van der Waals surface area contributed by atoms with Crippen LogP contribution in [0.15, 0.2) is 54.9 Å². The van der Waals surface area contributed by atoms with Crippen LogP contribution < -0.4 is 9.47 Å². The SMILES string of the molecule is CCn1ccnc1-c1ccc(OC)c(OCc2ccc(C)cc2)c1. The molecular formula is C20H22N2O2. The van der Waals surface area contributed by atoms with Crippen molar-refractivity contribution in [2.45, 2.75) is 27.0 Å². The zero-order valence-corrected chi connectivity index (χ0v) is 14.3. The fourth-order valence-corrected chi connectivity index (χ4v) is 2.60. The van der Waals surface area contributed by atoms with Gasteiger partial charge in [0.25, 0.3) is 0 Å². The van der Waals surface area contributed by atoms with Gasteiger partial charge in [-0.05, 0) is 37.6 Å². The van der Waals surface area contributed by atoms with Crippen LogP contribution in [0.2, 0.25) is 0 Å². The van der Waals surface area contributed by atoms with Crippen LogP contribution in [0.5, 0.6) is 11.5 Å². The van der Waals surface area contributed by atoms with Crippen molar-refractivity contribution in [2.75, 3.05) is 7.11 Å². The molecule has 0 saturated heterocycles. The lowest BCUT2D eigenvalue weighted by Crippen LogP contribution is -2.00. The first-order valence-electron chi connectivity index (χ1n) is 8.09. The third kappa shape index (κ3) is 3.43. The van der Waals surface area contributed by atoms with Gasteiger partial charge in [-0.1, -0.05) is 29.8 Å². The monoisotopic (exact) mass is 322 g/mol. The molecule has 0 atom stereocenters. The van der Waals surface area contributed by atoms with Gasteiger partial charge in [0.15, 0.2) is 11.5 Å². The first-order chi connectivity index (χ1) is 11.7. The second-order valence-electron chi connectivity index (χ2n) is 5.68. The molecule has 0 amide bonds. The summed E-state index contributed by atoms with van der Waals surface area (Å²) < 4.78 is 13.5. The second-order valence-corrected chi connectivity index (χ2v) is 5.68. The zero-order valence-electron chi connectivity index (χ0n) is 14.3. The molecule has 0 spiro atoms. The van der Waals surface area contributed by atoms with Gasteiger partial charge in [-0.15, -0.1) is 0 Å². The molecule has 0 radical (unpaired) electrons. The van der Waals surface area contributed by atoms with Crippen LogP contribution in [0.4, 0.5) is 0 Å². The molecule has 0 aliphatic carbocycles. The Balaban J connectivity index is 1.85. The van der Waals surface area contributed by atoms with Crippen LogP contribution in [0, 0.1) is 6.92 Å². The maximum Gasteiger partial charge on any atom is 0.162 e. The van der Waals surface area contributed by atoms with Gasteiger partial charge in [-0.25, -0.2) is 4.98 Å². The number of methoxy groups -OCH3 is 1. The number of imidazole rings is 1. The third-order valence-electron chi connectivity index (χ3n) is 3.99. The van der Waals surface area contributed by atoms with E-state index in [2.05, 4.69) is 47.7 Å². The predicted molar refractivity (Wildman–Crippen MR) is 95.4 cm³/mol. The van der Waals surface area contributed by atoms with E-state index in [1.807, 2.05) is 30.6 Å². The number of aromatic nitrogens is 2. The molecular weight excluding hydrogens is 300 g/mol. The highest BCUT2D eigenvalue weighted by molar-refractivity contribution is 5.61. The van der Waals surface area contributed by atoms with Gasteiger partial charge in [0.2, 0.25) is 0 Å². The number of aryl methyl sites for hydroxylation is 2. The van der Waals surface area contributed by atoms with Gasteiger partial charge < -0.3 is 14.0 Å². The summed E-state index contributed by atoms with van der Waals surface area (Å²) in [5.74, 6) is 2.38. The van der Waals surface area contributed by atoms with Crippen molar-refractivity contribution < 1.29 is 9.47 Å². The van der Waals surface area contributed by atoms with E-state index in [4.69, 9.17) is 9.47 Å². The molecule has 0 saturated carbocycles. The molecule has 124 valence electrons. The summed E-state index contributed by atoms with van der Waals surface area (Å²) in [7, 11) is 1.65. The Labute approximate surface area is 142 Å². The molecule has 0 bridgehead atoms. The number of hydrogen-bond acceptors (Lipinski definition) is 3. The van der Waals surface area contributed by atoms with Crippen molar-refractivity contribution in [3.8, 4) is 22.9 Å². The molecule has 1 aromatic heterocycles. The molecule has 0 aliphatic heterocycles. The van der Waals surface area contributed by atoms with E-state index in [-0.39, 0.29) is 0 Å². The topological polar surface area (TPSA) is 36.3 Å². The van der Waals surface area contributed by atoms with E-state index in [1.54, 1.807) is 7.11 Å². The van der Waals surface area contributed by atoms with Crippen LogP contribution >= 0.6 is 0 Å². The van der Waals surface area contributed by atoms with E-state index in [0.29, 0.717) is 6.61 Å². The highest BCUT2D eigenvalue weighted by atomic mass is 16.5. The lowest BCUT2D eigenvalue weighted by Gasteiger charge is -2.13. The van der Waals surface area contributed by atoms with Crippen molar-refractivity contribution >= 4 is 0 Å². The fraction of sp³-hybridized carbons (Fsp3) is 0.250. The molecule has 0 unspecified atom stereocenters. The number of nitrogens with zero attached hydrogens (tertiary/aromatic N) is 2. The largest absolute Gasteiger partial charge is 0.493 e. The van der Waals surface area contributed by atoms with Crippen molar-refractivity contribution in [1.29, 1.82) is 0 Å². The summed E-state index contributed by atoms with van der Waals surface area (Å²) >= 11 is 0. The van der Waals surface area contributed by atoms with E-state index < -0.39 is 0 Å². The number of ether oxygens (including phenoxy) is 2. The lowest BCUT2D eigenvalue weighted by atomic mass is 10.1. The minimum absolute atomic E-state index is 0.502. The fourth-order valence-electron chi connectivity index (χ4n) is 2.60. The van der Waals surface area contributed by atoms with Crippen molar-refractivity contribution in [3.05, 3.63) is 66.0 Å². The quantitative estimate of drug-likeness (QED) is 0.672. The summed E-state index contributed by atoms with van der Waals surface area (Å²) in [6, 6.07) is 14.3. The molecule has 4 nitrogen and oxygen atoms in total. The summed E-state index contributed by atoms with van der Waals surface area (Å²) in [6.45, 7) is 5.56. The molecule has 0 N–H and O–H groups in total. The highest BCUT2D eigenvalue weighted by Crippen LogP contribution is 2.32. The molecule has 24 heavy (non-hydrogen) atoms. The van der Waals surface area contributed by atoms with E-state index in [0.717, 1.165) is 35.0 Å². The standard InChI is InChI=1S/C20H22N2O2/c1-4-22-12-11-21-20(22)17-9-10-18(23-3)19(13-17)24-14-16-7-5-15(2)6-8-16/h5-13H,4,14H2,1-3H3. The molecule has 3 aromatic rings. The summed E-state index contributed by atoms with van der Waals surface area (Å²) in [5.41, 5.74) is 3.38. The first kappa shape index (κ1) is 16.1. The average molecular weight is 322 g/mol. The number of rotatable bonds is 6. The Morgan fingerprint density at radius 2 is 1.83 bits per heavy atom. The van der Waals surface area contributed by atoms with E-state index >= 15 is 0 Å². The Morgan fingerprint density at radius 1 is 1.04 bits per heavy atom. The second kappa shape index (κ2) is 7.21. The van der Waals surface area contributed by atoms with E-state index in [1.165, 1.54) is 5.56 Å². The Kier molecular flexibility index (Phi) is 4.85. The van der Waals surface area contributed by atoms with Crippen LogP contribution in [0.3, 0.4) is 0 Å². The summed E-state index contributed by atoms with van der Waals surface area (Å²) in [5, 5.41) is 0. The first-order valence-corrected chi connectivity index (χ1v) is 8.09. The third-order valence-corrected chi connectivity index (χ3v) is 3.99. The molecule has 0 aliphatic rings. The molecule has 3 rings (SSSR count). The Hall–Kier alpha value is -2.75. The molecule has 2 aromatic carbocycles. The van der Waals surface area contributed by atoms with Gasteiger partial charge in [0.1, 0.15) is 12.4 Å². The molecule has 4 heteroatoms. The minimum atomic E-state index is 0.502.